The van der Waals surface area contributed by atoms with Crippen LogP contribution in [-0.2, 0) is 14.8 Å². The van der Waals surface area contributed by atoms with Gasteiger partial charge in [0.15, 0.2) is 0 Å². The summed E-state index contributed by atoms with van der Waals surface area (Å²) in [7, 11) is -4.23. The SMILES string of the molecule is O=C(O)CN(c1ccccc1F)S(=O)(=O)c1ccc(Cl)cc1. The first kappa shape index (κ1) is 16.3. The number of para-hydroxylation sites is 1. The van der Waals surface area contributed by atoms with Gasteiger partial charge in [0, 0.05) is 5.02 Å². The molecule has 0 amide bonds. The minimum Gasteiger partial charge on any atom is -0.480 e. The predicted octanol–water partition coefficient (Wildman–Crippen LogP) is 2.76. The van der Waals surface area contributed by atoms with E-state index in [2.05, 4.69) is 0 Å². The standard InChI is InChI=1S/C14H11ClFNO4S/c15-10-5-7-11(8-6-10)22(20,21)17(9-14(18)19)13-4-2-1-3-12(13)16/h1-8H,9H2,(H,18,19). The fourth-order valence-electron chi connectivity index (χ4n) is 1.81. The number of benzene rings is 2. The number of nitrogens with zero attached hydrogens (tertiary/aromatic N) is 1. The lowest BCUT2D eigenvalue weighted by molar-refractivity contribution is -0.135. The Morgan fingerprint density at radius 1 is 1.14 bits per heavy atom. The van der Waals surface area contributed by atoms with E-state index in [0.29, 0.717) is 9.33 Å². The number of carbonyl (C=O) groups is 1. The molecule has 0 radical (unpaired) electrons. The van der Waals surface area contributed by atoms with Crippen LogP contribution >= 0.6 is 11.6 Å². The van der Waals surface area contributed by atoms with Crippen molar-refractivity contribution in [3.8, 4) is 0 Å². The van der Waals surface area contributed by atoms with Crippen LogP contribution in [0.15, 0.2) is 53.4 Å². The van der Waals surface area contributed by atoms with E-state index in [4.69, 9.17) is 16.7 Å². The lowest BCUT2D eigenvalue weighted by Gasteiger charge is -2.23. The Kier molecular flexibility index (Phi) is 4.68. The van der Waals surface area contributed by atoms with Crippen LogP contribution < -0.4 is 4.31 Å². The van der Waals surface area contributed by atoms with Gasteiger partial charge in [-0.25, -0.2) is 12.8 Å². The van der Waals surface area contributed by atoms with E-state index in [1.807, 2.05) is 0 Å². The smallest absolute Gasteiger partial charge is 0.324 e. The molecule has 2 aromatic rings. The van der Waals surface area contributed by atoms with Gasteiger partial charge in [0.05, 0.1) is 10.6 Å². The molecule has 0 bridgehead atoms. The third-order valence-electron chi connectivity index (χ3n) is 2.80. The van der Waals surface area contributed by atoms with Crippen LogP contribution in [0.4, 0.5) is 10.1 Å². The Morgan fingerprint density at radius 2 is 1.73 bits per heavy atom. The molecule has 0 unspecified atom stereocenters. The molecule has 0 aliphatic heterocycles. The summed E-state index contributed by atoms with van der Waals surface area (Å²) in [6.45, 7) is -0.897. The van der Waals surface area contributed by atoms with Crippen LogP contribution in [0.2, 0.25) is 5.02 Å². The fraction of sp³-hybridized carbons (Fsp3) is 0.0714. The summed E-state index contributed by atoms with van der Waals surface area (Å²) in [6.07, 6.45) is 0. The molecule has 0 aliphatic carbocycles. The molecule has 0 saturated carbocycles. The van der Waals surface area contributed by atoms with E-state index in [1.165, 1.54) is 42.5 Å². The predicted molar refractivity (Wildman–Crippen MR) is 80.0 cm³/mol. The summed E-state index contributed by atoms with van der Waals surface area (Å²) in [5, 5.41) is 9.27. The summed E-state index contributed by atoms with van der Waals surface area (Å²) < 4.78 is 39.6. The highest BCUT2D eigenvalue weighted by atomic mass is 35.5. The second kappa shape index (κ2) is 6.33. The number of hydrogen-bond donors (Lipinski definition) is 1. The number of sulfonamides is 1. The summed E-state index contributed by atoms with van der Waals surface area (Å²) in [5.41, 5.74) is -0.333. The van der Waals surface area contributed by atoms with Crippen LogP contribution in [0.1, 0.15) is 0 Å². The van der Waals surface area contributed by atoms with Gasteiger partial charge in [-0.05, 0) is 36.4 Å². The Bertz CT molecular complexity index is 793. The van der Waals surface area contributed by atoms with E-state index >= 15 is 0 Å². The zero-order valence-corrected chi connectivity index (χ0v) is 12.7. The van der Waals surface area contributed by atoms with Crippen molar-refractivity contribution in [1.29, 1.82) is 0 Å². The van der Waals surface area contributed by atoms with Crippen molar-refractivity contribution in [2.75, 3.05) is 10.8 Å². The number of halogens is 2. The summed E-state index contributed by atoms with van der Waals surface area (Å²) >= 11 is 5.71. The molecule has 1 N–H and O–H groups in total. The minimum atomic E-state index is -4.23. The quantitative estimate of drug-likeness (QED) is 0.905. The highest BCUT2D eigenvalue weighted by Gasteiger charge is 2.28. The van der Waals surface area contributed by atoms with Gasteiger partial charge in [-0.15, -0.1) is 0 Å². The molecule has 0 spiro atoms. The van der Waals surface area contributed by atoms with Crippen molar-refractivity contribution in [2.45, 2.75) is 4.90 Å². The maximum Gasteiger partial charge on any atom is 0.324 e. The number of aliphatic carboxylic acids is 1. The topological polar surface area (TPSA) is 74.7 Å². The molecule has 8 heteroatoms. The first-order valence-corrected chi connectivity index (χ1v) is 7.89. The molecule has 5 nitrogen and oxygen atoms in total. The summed E-state index contributed by atoms with van der Waals surface area (Å²) in [4.78, 5) is 10.8. The maximum atomic E-state index is 13.9. The Balaban J connectivity index is 2.56. The minimum absolute atomic E-state index is 0.179. The van der Waals surface area contributed by atoms with Gasteiger partial charge in [0.2, 0.25) is 0 Å². The normalized spacial score (nSPS) is 11.2. The highest BCUT2D eigenvalue weighted by molar-refractivity contribution is 7.92. The van der Waals surface area contributed by atoms with E-state index in [-0.39, 0.29) is 10.6 Å². The van der Waals surface area contributed by atoms with Crippen LogP contribution in [0.3, 0.4) is 0 Å². The molecule has 2 aromatic carbocycles. The number of hydrogen-bond acceptors (Lipinski definition) is 3. The maximum absolute atomic E-state index is 13.9. The summed E-state index contributed by atoms with van der Waals surface area (Å²) in [5.74, 6) is -2.23. The molecule has 0 atom stereocenters. The molecule has 116 valence electrons. The van der Waals surface area contributed by atoms with Crippen LogP contribution in [0, 0.1) is 5.82 Å². The third-order valence-corrected chi connectivity index (χ3v) is 4.83. The second-order valence-electron chi connectivity index (χ2n) is 4.31. The van der Waals surface area contributed by atoms with E-state index < -0.39 is 28.4 Å². The van der Waals surface area contributed by atoms with Gasteiger partial charge >= 0.3 is 5.97 Å². The average Bonchev–Trinajstić information content (AvgIpc) is 2.46. The van der Waals surface area contributed by atoms with Crippen molar-refractivity contribution < 1.29 is 22.7 Å². The monoisotopic (exact) mass is 343 g/mol. The van der Waals surface area contributed by atoms with E-state index in [9.17, 15) is 17.6 Å². The highest BCUT2D eigenvalue weighted by Crippen LogP contribution is 2.26. The first-order chi connectivity index (χ1) is 10.3. The number of carboxylic acid groups (broad SMARTS) is 1. The van der Waals surface area contributed by atoms with Gasteiger partial charge in [-0.3, -0.25) is 9.10 Å². The van der Waals surface area contributed by atoms with Crippen LogP contribution in [-0.4, -0.2) is 26.0 Å². The average molecular weight is 344 g/mol. The van der Waals surface area contributed by atoms with Gasteiger partial charge < -0.3 is 5.11 Å². The molecular weight excluding hydrogens is 333 g/mol. The Labute approximate surface area is 131 Å². The van der Waals surface area contributed by atoms with Crippen molar-refractivity contribution in [3.63, 3.8) is 0 Å². The van der Waals surface area contributed by atoms with E-state index in [0.717, 1.165) is 6.07 Å². The molecule has 0 aliphatic rings. The largest absolute Gasteiger partial charge is 0.480 e. The van der Waals surface area contributed by atoms with Crippen molar-refractivity contribution in [1.82, 2.24) is 0 Å². The zero-order valence-electron chi connectivity index (χ0n) is 11.1. The second-order valence-corrected chi connectivity index (χ2v) is 6.61. The number of rotatable bonds is 5. The molecule has 0 aromatic heterocycles. The van der Waals surface area contributed by atoms with Crippen LogP contribution in [0.25, 0.3) is 0 Å². The first-order valence-electron chi connectivity index (χ1n) is 6.07. The molecule has 0 fully saturated rings. The molecule has 22 heavy (non-hydrogen) atoms. The zero-order chi connectivity index (χ0) is 16.3. The van der Waals surface area contributed by atoms with Gasteiger partial charge in [0.1, 0.15) is 12.4 Å². The van der Waals surface area contributed by atoms with Crippen molar-refractivity contribution in [3.05, 3.63) is 59.4 Å². The van der Waals surface area contributed by atoms with Crippen molar-refractivity contribution in [2.24, 2.45) is 0 Å². The fourth-order valence-corrected chi connectivity index (χ4v) is 3.36. The number of carboxylic acids is 1. The third kappa shape index (κ3) is 3.37. The lowest BCUT2D eigenvalue weighted by Crippen LogP contribution is -2.36. The lowest BCUT2D eigenvalue weighted by atomic mass is 10.3. The van der Waals surface area contributed by atoms with Crippen molar-refractivity contribution >= 4 is 33.3 Å². The van der Waals surface area contributed by atoms with Gasteiger partial charge in [-0.2, -0.15) is 0 Å². The Morgan fingerprint density at radius 3 is 2.27 bits per heavy atom. The molecule has 0 saturated heterocycles. The molecule has 2 rings (SSSR count). The Hall–Kier alpha value is -2.12. The van der Waals surface area contributed by atoms with Gasteiger partial charge in [0.25, 0.3) is 10.0 Å². The molecule has 0 heterocycles. The van der Waals surface area contributed by atoms with E-state index in [1.54, 1.807) is 0 Å². The number of anilines is 1. The molecular formula is C14H11ClFNO4S. The summed E-state index contributed by atoms with van der Waals surface area (Å²) in [6, 6.07) is 10.2. The van der Waals surface area contributed by atoms with Gasteiger partial charge in [-0.1, -0.05) is 23.7 Å². The van der Waals surface area contributed by atoms with Crippen LogP contribution in [0.5, 0.6) is 0 Å².